The van der Waals surface area contributed by atoms with Gasteiger partial charge in [0.1, 0.15) is 0 Å². The zero-order valence-electron chi connectivity index (χ0n) is 11.8. The van der Waals surface area contributed by atoms with Crippen LogP contribution < -0.4 is 5.73 Å². The summed E-state index contributed by atoms with van der Waals surface area (Å²) in [6.07, 6.45) is 1.74. The fraction of sp³-hybridized carbons (Fsp3) is 0.692. The van der Waals surface area contributed by atoms with Gasteiger partial charge < -0.3 is 5.73 Å². The van der Waals surface area contributed by atoms with Crippen LogP contribution in [0.3, 0.4) is 0 Å². The van der Waals surface area contributed by atoms with Gasteiger partial charge in [-0.2, -0.15) is 5.10 Å². The lowest BCUT2D eigenvalue weighted by Crippen LogP contribution is -2.32. The quantitative estimate of drug-likeness (QED) is 0.768. The molecular formula is C13H24N4S. The van der Waals surface area contributed by atoms with Crippen molar-refractivity contribution in [3.8, 4) is 0 Å². The summed E-state index contributed by atoms with van der Waals surface area (Å²) in [6.45, 7) is 8.18. The van der Waals surface area contributed by atoms with E-state index in [4.69, 9.17) is 18.0 Å². The predicted molar refractivity (Wildman–Crippen MR) is 79.6 cm³/mol. The molecule has 0 aliphatic heterocycles. The fourth-order valence-electron chi connectivity index (χ4n) is 1.95. The molecule has 0 aromatic carbocycles. The molecule has 0 saturated carbocycles. The number of aryl methyl sites for hydroxylation is 2. The van der Waals surface area contributed by atoms with Gasteiger partial charge in [0, 0.05) is 25.6 Å². The van der Waals surface area contributed by atoms with Crippen molar-refractivity contribution in [2.24, 2.45) is 5.73 Å². The molecule has 2 N–H and O–H groups in total. The fourth-order valence-corrected chi connectivity index (χ4v) is 2.19. The van der Waals surface area contributed by atoms with Crippen LogP contribution in [0.5, 0.6) is 0 Å². The third kappa shape index (κ3) is 4.07. The Bertz CT molecular complexity index is 400. The highest BCUT2D eigenvalue weighted by Crippen LogP contribution is 2.11. The highest BCUT2D eigenvalue weighted by molar-refractivity contribution is 7.80. The minimum absolute atomic E-state index is 0.354. The van der Waals surface area contributed by atoms with Crippen LogP contribution in [0.15, 0.2) is 6.07 Å². The SMILES string of the molecule is CCc1cc(CN(C)C(C)CC(N)=S)n(CC)n1. The third-order valence-corrected chi connectivity index (χ3v) is 3.40. The molecule has 4 nitrogen and oxygen atoms in total. The first-order chi connectivity index (χ1) is 8.47. The molecule has 5 heteroatoms. The molecule has 1 aromatic rings. The molecule has 18 heavy (non-hydrogen) atoms. The highest BCUT2D eigenvalue weighted by Gasteiger charge is 2.14. The normalized spacial score (nSPS) is 12.9. The summed E-state index contributed by atoms with van der Waals surface area (Å²) in [5, 5.41) is 4.56. The van der Waals surface area contributed by atoms with E-state index in [-0.39, 0.29) is 0 Å². The first-order valence-corrected chi connectivity index (χ1v) is 6.92. The van der Waals surface area contributed by atoms with Crippen molar-refractivity contribution in [1.29, 1.82) is 0 Å². The van der Waals surface area contributed by atoms with E-state index in [1.54, 1.807) is 0 Å². The van der Waals surface area contributed by atoms with Crippen molar-refractivity contribution < 1.29 is 0 Å². The van der Waals surface area contributed by atoms with Gasteiger partial charge in [0.2, 0.25) is 0 Å². The number of nitrogens with zero attached hydrogens (tertiary/aromatic N) is 3. The van der Waals surface area contributed by atoms with Gasteiger partial charge in [-0.05, 0) is 33.4 Å². The summed E-state index contributed by atoms with van der Waals surface area (Å²) in [5.41, 5.74) is 8.00. The van der Waals surface area contributed by atoms with Crippen molar-refractivity contribution in [3.05, 3.63) is 17.5 Å². The van der Waals surface area contributed by atoms with Gasteiger partial charge in [0.15, 0.2) is 0 Å². The Morgan fingerprint density at radius 2 is 2.22 bits per heavy atom. The summed E-state index contributed by atoms with van der Waals surface area (Å²) in [4.78, 5) is 2.84. The molecule has 0 saturated heterocycles. The number of nitrogens with two attached hydrogens (primary N) is 1. The summed E-state index contributed by atoms with van der Waals surface area (Å²) < 4.78 is 2.07. The van der Waals surface area contributed by atoms with Crippen LogP contribution in [0, 0.1) is 0 Å². The van der Waals surface area contributed by atoms with Crippen molar-refractivity contribution in [2.75, 3.05) is 7.05 Å². The van der Waals surface area contributed by atoms with Gasteiger partial charge in [-0.15, -0.1) is 0 Å². The molecule has 1 atom stereocenters. The molecule has 0 bridgehead atoms. The van der Waals surface area contributed by atoms with Gasteiger partial charge >= 0.3 is 0 Å². The average molecular weight is 268 g/mol. The first-order valence-electron chi connectivity index (χ1n) is 6.52. The zero-order chi connectivity index (χ0) is 13.7. The van der Waals surface area contributed by atoms with Crippen molar-refractivity contribution in [2.45, 2.75) is 52.7 Å². The maximum atomic E-state index is 5.59. The molecule has 0 spiro atoms. The molecule has 0 aliphatic carbocycles. The van der Waals surface area contributed by atoms with Crippen molar-refractivity contribution >= 4 is 17.2 Å². The number of hydrogen-bond donors (Lipinski definition) is 1. The second-order valence-electron chi connectivity index (χ2n) is 4.73. The summed E-state index contributed by atoms with van der Waals surface area (Å²) >= 11 is 4.96. The standard InChI is InChI=1S/C13H24N4S/c1-5-11-8-12(17(6-2)15-11)9-16(4)10(3)7-13(14)18/h8,10H,5-7,9H2,1-4H3,(H2,14,18). The second-order valence-corrected chi connectivity index (χ2v) is 5.26. The molecule has 0 radical (unpaired) electrons. The van der Waals surface area contributed by atoms with Crippen LogP contribution in [0.2, 0.25) is 0 Å². The Morgan fingerprint density at radius 1 is 1.56 bits per heavy atom. The van der Waals surface area contributed by atoms with Gasteiger partial charge in [0.05, 0.1) is 16.4 Å². The molecule has 1 heterocycles. The summed E-state index contributed by atoms with van der Waals surface area (Å²) in [6, 6.07) is 2.54. The van der Waals surface area contributed by atoms with Gasteiger partial charge in [-0.1, -0.05) is 19.1 Å². The van der Waals surface area contributed by atoms with Crippen molar-refractivity contribution in [3.63, 3.8) is 0 Å². The van der Waals surface area contributed by atoms with Crippen LogP contribution >= 0.6 is 12.2 Å². The second kappa shape index (κ2) is 6.85. The lowest BCUT2D eigenvalue weighted by Gasteiger charge is -2.24. The summed E-state index contributed by atoms with van der Waals surface area (Å²) in [5.74, 6) is 0. The van der Waals surface area contributed by atoms with Gasteiger partial charge in [0.25, 0.3) is 0 Å². The van der Waals surface area contributed by atoms with E-state index < -0.39 is 0 Å². The van der Waals surface area contributed by atoms with Crippen LogP contribution in [-0.2, 0) is 19.5 Å². The van der Waals surface area contributed by atoms with E-state index >= 15 is 0 Å². The minimum Gasteiger partial charge on any atom is -0.393 e. The largest absolute Gasteiger partial charge is 0.393 e. The minimum atomic E-state index is 0.354. The van der Waals surface area contributed by atoms with E-state index in [2.05, 4.69) is 48.6 Å². The van der Waals surface area contributed by atoms with Gasteiger partial charge in [-0.25, -0.2) is 0 Å². The Morgan fingerprint density at radius 3 is 2.72 bits per heavy atom. The molecule has 1 unspecified atom stereocenters. The van der Waals surface area contributed by atoms with E-state index in [0.717, 1.165) is 31.6 Å². The Hall–Kier alpha value is -0.940. The Kier molecular flexibility index (Phi) is 5.75. The van der Waals surface area contributed by atoms with E-state index in [1.807, 2.05) is 0 Å². The van der Waals surface area contributed by atoms with E-state index in [0.29, 0.717) is 11.0 Å². The maximum absolute atomic E-state index is 5.59. The molecule has 1 rings (SSSR count). The lowest BCUT2D eigenvalue weighted by molar-refractivity contribution is 0.247. The van der Waals surface area contributed by atoms with Crippen LogP contribution in [0.1, 0.15) is 38.6 Å². The monoisotopic (exact) mass is 268 g/mol. The number of thiocarbonyl (C=S) groups is 1. The number of rotatable bonds is 7. The van der Waals surface area contributed by atoms with E-state index in [1.165, 1.54) is 5.69 Å². The van der Waals surface area contributed by atoms with Crippen LogP contribution in [0.4, 0.5) is 0 Å². The van der Waals surface area contributed by atoms with Crippen LogP contribution in [0.25, 0.3) is 0 Å². The topological polar surface area (TPSA) is 47.1 Å². The summed E-state index contributed by atoms with van der Waals surface area (Å²) in [7, 11) is 2.10. The van der Waals surface area contributed by atoms with Gasteiger partial charge in [-0.3, -0.25) is 9.58 Å². The molecule has 1 aromatic heterocycles. The third-order valence-electron chi connectivity index (χ3n) is 3.24. The van der Waals surface area contributed by atoms with E-state index in [9.17, 15) is 0 Å². The molecule has 0 aliphatic rings. The average Bonchev–Trinajstić information content (AvgIpc) is 2.70. The molecule has 0 fully saturated rings. The van der Waals surface area contributed by atoms with Crippen molar-refractivity contribution in [1.82, 2.24) is 14.7 Å². The van der Waals surface area contributed by atoms with Crippen LogP contribution in [-0.4, -0.2) is 32.8 Å². The Balaban J connectivity index is 2.71. The molecule has 0 amide bonds. The number of aromatic nitrogens is 2. The first kappa shape index (κ1) is 15.1. The smallest absolute Gasteiger partial charge is 0.0742 e. The maximum Gasteiger partial charge on any atom is 0.0742 e. The lowest BCUT2D eigenvalue weighted by atomic mass is 10.2. The Labute approximate surface area is 115 Å². The molecular weight excluding hydrogens is 244 g/mol. The number of hydrogen-bond acceptors (Lipinski definition) is 3. The zero-order valence-corrected chi connectivity index (χ0v) is 12.6. The highest BCUT2D eigenvalue weighted by atomic mass is 32.1. The molecule has 102 valence electrons. The predicted octanol–water partition coefficient (Wildman–Crippen LogP) is 1.96.